The van der Waals surface area contributed by atoms with Crippen molar-refractivity contribution in [1.82, 2.24) is 5.16 Å². The van der Waals surface area contributed by atoms with Crippen LogP contribution >= 0.6 is 0 Å². The Morgan fingerprint density at radius 2 is 1.76 bits per heavy atom. The molecule has 0 atom stereocenters. The van der Waals surface area contributed by atoms with Crippen molar-refractivity contribution in [2.75, 3.05) is 6.54 Å². The first-order valence-corrected chi connectivity index (χ1v) is 5.85. The van der Waals surface area contributed by atoms with Gasteiger partial charge in [-0.15, -0.1) is 0 Å². The van der Waals surface area contributed by atoms with Crippen LogP contribution in [0.4, 0.5) is 0 Å². The second kappa shape index (κ2) is 4.72. The zero-order valence-corrected chi connectivity index (χ0v) is 10.6. The Bertz CT molecular complexity index is 506. The molecule has 1 aromatic heterocycles. The normalized spacial score (nSPS) is 10.8. The van der Waals surface area contributed by atoms with E-state index in [1.165, 1.54) is 16.7 Å². The Balaban J connectivity index is 2.45. The van der Waals surface area contributed by atoms with Crippen molar-refractivity contribution in [2.24, 2.45) is 5.73 Å². The van der Waals surface area contributed by atoms with Crippen LogP contribution in [0.3, 0.4) is 0 Å². The molecule has 0 bridgehead atoms. The standard InChI is InChI=1S/C14H18N2O/c1-9-6-10(2)14(11(3)7-9)13-8-12(4-5-15)16-17-13/h6-8H,4-5,15H2,1-3H3. The van der Waals surface area contributed by atoms with Gasteiger partial charge in [-0.25, -0.2) is 0 Å². The lowest BCUT2D eigenvalue weighted by Gasteiger charge is -2.07. The average molecular weight is 230 g/mol. The third kappa shape index (κ3) is 2.39. The molecule has 0 fully saturated rings. The molecule has 0 radical (unpaired) electrons. The van der Waals surface area contributed by atoms with Crippen LogP contribution in [0.1, 0.15) is 22.4 Å². The summed E-state index contributed by atoms with van der Waals surface area (Å²) >= 11 is 0. The Kier molecular flexibility index (Phi) is 3.29. The van der Waals surface area contributed by atoms with E-state index >= 15 is 0 Å². The summed E-state index contributed by atoms with van der Waals surface area (Å²) in [5.74, 6) is 0.837. The van der Waals surface area contributed by atoms with Crippen molar-refractivity contribution >= 4 is 0 Å². The Morgan fingerprint density at radius 3 is 2.35 bits per heavy atom. The molecule has 0 unspecified atom stereocenters. The number of nitrogens with zero attached hydrogens (tertiary/aromatic N) is 1. The highest BCUT2D eigenvalue weighted by Crippen LogP contribution is 2.28. The fraction of sp³-hybridized carbons (Fsp3) is 0.357. The van der Waals surface area contributed by atoms with Crippen LogP contribution in [0.25, 0.3) is 11.3 Å². The van der Waals surface area contributed by atoms with E-state index in [4.69, 9.17) is 10.3 Å². The lowest BCUT2D eigenvalue weighted by Crippen LogP contribution is -2.02. The number of benzene rings is 1. The number of hydrogen-bond donors (Lipinski definition) is 1. The zero-order chi connectivity index (χ0) is 12.4. The van der Waals surface area contributed by atoms with Crippen molar-refractivity contribution in [2.45, 2.75) is 27.2 Å². The highest BCUT2D eigenvalue weighted by atomic mass is 16.5. The van der Waals surface area contributed by atoms with Crippen LogP contribution < -0.4 is 5.73 Å². The number of nitrogens with two attached hydrogens (primary N) is 1. The fourth-order valence-corrected chi connectivity index (χ4v) is 2.26. The van der Waals surface area contributed by atoms with Gasteiger partial charge in [0.2, 0.25) is 0 Å². The maximum Gasteiger partial charge on any atom is 0.167 e. The van der Waals surface area contributed by atoms with Gasteiger partial charge in [0, 0.05) is 18.1 Å². The second-order valence-electron chi connectivity index (χ2n) is 4.49. The zero-order valence-electron chi connectivity index (χ0n) is 10.6. The molecule has 1 aromatic carbocycles. The van der Waals surface area contributed by atoms with Crippen LogP contribution in [0.15, 0.2) is 22.7 Å². The summed E-state index contributed by atoms with van der Waals surface area (Å²) in [4.78, 5) is 0. The minimum Gasteiger partial charge on any atom is -0.356 e. The minimum atomic E-state index is 0.595. The summed E-state index contributed by atoms with van der Waals surface area (Å²) in [5, 5.41) is 4.03. The van der Waals surface area contributed by atoms with Gasteiger partial charge in [-0.1, -0.05) is 22.9 Å². The summed E-state index contributed by atoms with van der Waals surface area (Å²) in [6, 6.07) is 6.30. The van der Waals surface area contributed by atoms with Crippen LogP contribution in [0.5, 0.6) is 0 Å². The maximum atomic E-state index is 5.51. The van der Waals surface area contributed by atoms with E-state index in [-0.39, 0.29) is 0 Å². The molecule has 0 amide bonds. The largest absolute Gasteiger partial charge is 0.356 e. The number of aryl methyl sites for hydroxylation is 3. The van der Waals surface area contributed by atoms with E-state index in [0.717, 1.165) is 23.4 Å². The molecular weight excluding hydrogens is 212 g/mol. The van der Waals surface area contributed by atoms with Crippen molar-refractivity contribution in [1.29, 1.82) is 0 Å². The highest BCUT2D eigenvalue weighted by molar-refractivity contribution is 5.66. The van der Waals surface area contributed by atoms with E-state index in [0.29, 0.717) is 6.54 Å². The first kappa shape index (κ1) is 11.9. The van der Waals surface area contributed by atoms with Crippen molar-refractivity contribution < 1.29 is 4.52 Å². The third-order valence-electron chi connectivity index (χ3n) is 2.88. The fourth-order valence-electron chi connectivity index (χ4n) is 2.26. The van der Waals surface area contributed by atoms with Crippen LogP contribution in [-0.2, 0) is 6.42 Å². The molecule has 0 saturated heterocycles. The smallest absolute Gasteiger partial charge is 0.167 e. The van der Waals surface area contributed by atoms with Gasteiger partial charge in [-0.05, 0) is 38.4 Å². The maximum absolute atomic E-state index is 5.51. The lowest BCUT2D eigenvalue weighted by molar-refractivity contribution is 0.423. The lowest BCUT2D eigenvalue weighted by atomic mass is 9.98. The number of aromatic nitrogens is 1. The molecule has 2 N–H and O–H groups in total. The van der Waals surface area contributed by atoms with E-state index in [1.807, 2.05) is 6.07 Å². The van der Waals surface area contributed by atoms with Gasteiger partial charge in [0.15, 0.2) is 5.76 Å². The molecule has 0 saturated carbocycles. The monoisotopic (exact) mass is 230 g/mol. The van der Waals surface area contributed by atoms with Crippen LogP contribution in [0.2, 0.25) is 0 Å². The molecule has 0 spiro atoms. The quantitative estimate of drug-likeness (QED) is 0.882. The van der Waals surface area contributed by atoms with Gasteiger partial charge < -0.3 is 10.3 Å². The molecule has 17 heavy (non-hydrogen) atoms. The number of hydrogen-bond acceptors (Lipinski definition) is 3. The van der Waals surface area contributed by atoms with E-state index in [2.05, 4.69) is 38.1 Å². The molecule has 0 aliphatic carbocycles. The predicted molar refractivity (Wildman–Crippen MR) is 68.9 cm³/mol. The van der Waals surface area contributed by atoms with E-state index in [9.17, 15) is 0 Å². The van der Waals surface area contributed by atoms with Crippen molar-refractivity contribution in [3.8, 4) is 11.3 Å². The SMILES string of the molecule is Cc1cc(C)c(-c2cc(CCN)no2)c(C)c1. The van der Waals surface area contributed by atoms with E-state index < -0.39 is 0 Å². The molecule has 3 nitrogen and oxygen atoms in total. The van der Waals surface area contributed by atoms with Crippen molar-refractivity contribution in [3.63, 3.8) is 0 Å². The van der Waals surface area contributed by atoms with Crippen LogP contribution in [0, 0.1) is 20.8 Å². The topological polar surface area (TPSA) is 52.0 Å². The van der Waals surface area contributed by atoms with Crippen molar-refractivity contribution in [3.05, 3.63) is 40.6 Å². The average Bonchev–Trinajstić information content (AvgIpc) is 2.65. The molecule has 3 heteroatoms. The van der Waals surface area contributed by atoms with Gasteiger partial charge in [0.1, 0.15) is 0 Å². The summed E-state index contributed by atoms with van der Waals surface area (Å²) in [6.45, 7) is 6.89. The van der Waals surface area contributed by atoms with Gasteiger partial charge in [-0.3, -0.25) is 0 Å². The molecule has 2 rings (SSSR count). The summed E-state index contributed by atoms with van der Waals surface area (Å²) in [7, 11) is 0. The second-order valence-corrected chi connectivity index (χ2v) is 4.49. The molecule has 90 valence electrons. The number of rotatable bonds is 3. The highest BCUT2D eigenvalue weighted by Gasteiger charge is 2.12. The summed E-state index contributed by atoms with van der Waals surface area (Å²) in [5.41, 5.74) is 11.3. The minimum absolute atomic E-state index is 0.595. The first-order valence-electron chi connectivity index (χ1n) is 5.85. The molecule has 0 aliphatic heterocycles. The Morgan fingerprint density at radius 1 is 1.12 bits per heavy atom. The van der Waals surface area contributed by atoms with Crippen LogP contribution in [-0.4, -0.2) is 11.7 Å². The first-order chi connectivity index (χ1) is 8.11. The Hall–Kier alpha value is -1.61. The van der Waals surface area contributed by atoms with Gasteiger partial charge >= 0.3 is 0 Å². The molecule has 2 aromatic rings. The summed E-state index contributed by atoms with van der Waals surface area (Å²) in [6.07, 6.45) is 0.757. The molecular formula is C14H18N2O. The Labute approximate surface area is 102 Å². The third-order valence-corrected chi connectivity index (χ3v) is 2.88. The summed E-state index contributed by atoms with van der Waals surface area (Å²) < 4.78 is 5.40. The van der Waals surface area contributed by atoms with Gasteiger partial charge in [0.05, 0.1) is 5.69 Å². The predicted octanol–water partition coefficient (Wildman–Crippen LogP) is 2.77. The van der Waals surface area contributed by atoms with Gasteiger partial charge in [0.25, 0.3) is 0 Å². The van der Waals surface area contributed by atoms with Gasteiger partial charge in [-0.2, -0.15) is 0 Å². The molecule has 0 aliphatic rings. The van der Waals surface area contributed by atoms with E-state index in [1.54, 1.807) is 0 Å². The molecule has 1 heterocycles.